The molecule has 0 aliphatic carbocycles. The average molecular weight is 309 g/mol. The van der Waals surface area contributed by atoms with Crippen molar-refractivity contribution in [3.8, 4) is 0 Å². The van der Waals surface area contributed by atoms with Crippen LogP contribution in [0.4, 0.5) is 0 Å². The van der Waals surface area contributed by atoms with Crippen LogP contribution in [0.5, 0.6) is 0 Å². The minimum atomic E-state index is 0.753. The number of aromatic nitrogens is 1. The van der Waals surface area contributed by atoms with Crippen molar-refractivity contribution >= 4 is 11.3 Å². The first-order chi connectivity index (χ1) is 10.3. The molecule has 0 saturated carbocycles. The van der Waals surface area contributed by atoms with Crippen LogP contribution in [0.15, 0.2) is 5.51 Å². The fraction of sp³-hybridized carbons (Fsp3) is 0.812. The van der Waals surface area contributed by atoms with E-state index in [1.807, 2.05) is 16.8 Å². The summed E-state index contributed by atoms with van der Waals surface area (Å²) in [5.41, 5.74) is 3.20. The summed E-state index contributed by atoms with van der Waals surface area (Å²) in [7, 11) is 0. The Morgan fingerprint density at radius 1 is 1.29 bits per heavy atom. The lowest BCUT2D eigenvalue weighted by atomic mass is 9.99. The number of morpholine rings is 1. The molecule has 2 saturated heterocycles. The van der Waals surface area contributed by atoms with E-state index in [9.17, 15) is 0 Å². The predicted molar refractivity (Wildman–Crippen MR) is 86.8 cm³/mol. The Bertz CT molecular complexity index is 431. The smallest absolute Gasteiger partial charge is 0.0798 e. The molecule has 0 amide bonds. The maximum atomic E-state index is 5.44. The molecule has 2 fully saturated rings. The lowest BCUT2D eigenvalue weighted by Crippen LogP contribution is -2.43. The van der Waals surface area contributed by atoms with Crippen molar-refractivity contribution in [2.75, 3.05) is 39.4 Å². The van der Waals surface area contributed by atoms with E-state index in [0.29, 0.717) is 0 Å². The van der Waals surface area contributed by atoms with Crippen LogP contribution in [0.2, 0.25) is 0 Å². The van der Waals surface area contributed by atoms with Gasteiger partial charge in [0.2, 0.25) is 0 Å². The third kappa shape index (κ3) is 4.25. The summed E-state index contributed by atoms with van der Waals surface area (Å²) in [6, 6.07) is 0.753. The van der Waals surface area contributed by atoms with Gasteiger partial charge >= 0.3 is 0 Å². The second-order valence-corrected chi connectivity index (χ2v) is 7.16. The maximum Gasteiger partial charge on any atom is 0.0798 e. The molecule has 4 nitrogen and oxygen atoms in total. The highest BCUT2D eigenvalue weighted by atomic mass is 32.1. The van der Waals surface area contributed by atoms with Crippen LogP contribution in [0.1, 0.15) is 36.3 Å². The Morgan fingerprint density at radius 3 is 2.90 bits per heavy atom. The molecule has 1 aromatic rings. The Labute approximate surface area is 132 Å². The molecule has 118 valence electrons. The van der Waals surface area contributed by atoms with E-state index in [0.717, 1.165) is 38.9 Å². The van der Waals surface area contributed by atoms with Gasteiger partial charge in [-0.25, -0.2) is 4.98 Å². The van der Waals surface area contributed by atoms with Crippen molar-refractivity contribution in [3.63, 3.8) is 0 Å². The number of thiazole rings is 1. The van der Waals surface area contributed by atoms with Crippen molar-refractivity contribution in [3.05, 3.63) is 16.1 Å². The minimum Gasteiger partial charge on any atom is -0.379 e. The van der Waals surface area contributed by atoms with Gasteiger partial charge in [-0.1, -0.05) is 6.42 Å². The number of ether oxygens (including phenoxy) is 1. The Hall–Kier alpha value is -0.490. The van der Waals surface area contributed by atoms with Gasteiger partial charge in [-0.2, -0.15) is 0 Å². The van der Waals surface area contributed by atoms with Crippen LogP contribution >= 0.6 is 11.3 Å². The molecule has 0 N–H and O–H groups in total. The van der Waals surface area contributed by atoms with Gasteiger partial charge in [0.15, 0.2) is 0 Å². The third-order valence-corrected chi connectivity index (χ3v) is 5.74. The summed E-state index contributed by atoms with van der Waals surface area (Å²) in [5.74, 6) is 0. The Morgan fingerprint density at radius 2 is 2.14 bits per heavy atom. The van der Waals surface area contributed by atoms with Gasteiger partial charge in [-0.3, -0.25) is 9.80 Å². The highest BCUT2D eigenvalue weighted by Gasteiger charge is 2.24. The molecule has 3 rings (SSSR count). The molecular formula is C16H27N3OS. The lowest BCUT2D eigenvalue weighted by Gasteiger charge is -2.37. The number of likely N-dealkylation sites (tertiary alicyclic amines) is 1. The van der Waals surface area contributed by atoms with Gasteiger partial charge in [-0.15, -0.1) is 11.3 Å². The Balaban J connectivity index is 1.52. The molecule has 1 atom stereocenters. The highest BCUT2D eigenvalue weighted by Crippen LogP contribution is 2.24. The summed E-state index contributed by atoms with van der Waals surface area (Å²) < 4.78 is 5.44. The second kappa shape index (κ2) is 7.68. The standard InChI is InChI=1S/C16H27N3OS/c1-14-16(21-13-17-14)12-19-6-3-2-4-15(19)5-7-18-8-10-20-11-9-18/h13,15H,2-12H2,1H3/t15-/m0/s1. The number of hydrogen-bond acceptors (Lipinski definition) is 5. The van der Waals surface area contributed by atoms with Crippen molar-refractivity contribution < 1.29 is 4.74 Å². The fourth-order valence-corrected chi connectivity index (χ4v) is 4.22. The molecule has 5 heteroatoms. The van der Waals surface area contributed by atoms with Crippen LogP contribution in [0, 0.1) is 6.92 Å². The van der Waals surface area contributed by atoms with E-state index in [-0.39, 0.29) is 0 Å². The van der Waals surface area contributed by atoms with Crippen LogP contribution in [-0.4, -0.2) is 60.2 Å². The summed E-state index contributed by atoms with van der Waals surface area (Å²) in [5, 5.41) is 0. The first-order valence-electron chi connectivity index (χ1n) is 8.26. The topological polar surface area (TPSA) is 28.6 Å². The molecule has 0 unspecified atom stereocenters. The molecule has 1 aromatic heterocycles. The number of nitrogens with zero attached hydrogens (tertiary/aromatic N) is 3. The molecule has 2 aliphatic rings. The summed E-state index contributed by atoms with van der Waals surface area (Å²) in [6.45, 7) is 9.77. The van der Waals surface area contributed by atoms with Crippen LogP contribution in [0.25, 0.3) is 0 Å². The van der Waals surface area contributed by atoms with E-state index in [1.54, 1.807) is 0 Å². The number of piperidine rings is 1. The zero-order chi connectivity index (χ0) is 14.5. The summed E-state index contributed by atoms with van der Waals surface area (Å²) in [6.07, 6.45) is 5.41. The van der Waals surface area contributed by atoms with Crippen molar-refractivity contribution in [1.82, 2.24) is 14.8 Å². The predicted octanol–water partition coefficient (Wildman–Crippen LogP) is 2.53. The third-order valence-electron chi connectivity index (χ3n) is 4.82. The van der Waals surface area contributed by atoms with Crippen LogP contribution in [-0.2, 0) is 11.3 Å². The average Bonchev–Trinajstić information content (AvgIpc) is 2.93. The molecule has 0 radical (unpaired) electrons. The van der Waals surface area contributed by atoms with Gasteiger partial charge in [0.25, 0.3) is 0 Å². The van der Waals surface area contributed by atoms with E-state index in [2.05, 4.69) is 21.7 Å². The number of hydrogen-bond donors (Lipinski definition) is 0. The van der Waals surface area contributed by atoms with Gasteiger partial charge in [0, 0.05) is 30.6 Å². The van der Waals surface area contributed by atoms with Crippen LogP contribution in [0.3, 0.4) is 0 Å². The second-order valence-electron chi connectivity index (χ2n) is 6.22. The van der Waals surface area contributed by atoms with Gasteiger partial charge in [-0.05, 0) is 39.3 Å². The van der Waals surface area contributed by atoms with Crippen molar-refractivity contribution in [2.24, 2.45) is 0 Å². The highest BCUT2D eigenvalue weighted by molar-refractivity contribution is 7.09. The van der Waals surface area contributed by atoms with Gasteiger partial charge in [0.05, 0.1) is 24.4 Å². The zero-order valence-corrected chi connectivity index (χ0v) is 13.9. The van der Waals surface area contributed by atoms with E-state index < -0.39 is 0 Å². The molecule has 2 aliphatic heterocycles. The minimum absolute atomic E-state index is 0.753. The van der Waals surface area contributed by atoms with Crippen molar-refractivity contribution in [2.45, 2.75) is 45.2 Å². The maximum absolute atomic E-state index is 5.44. The Kier molecular flexibility index (Phi) is 5.63. The monoisotopic (exact) mass is 309 g/mol. The largest absolute Gasteiger partial charge is 0.379 e. The van der Waals surface area contributed by atoms with Gasteiger partial charge in [0.1, 0.15) is 0 Å². The number of aryl methyl sites for hydroxylation is 1. The number of rotatable bonds is 5. The molecule has 3 heterocycles. The van der Waals surface area contributed by atoms with E-state index >= 15 is 0 Å². The summed E-state index contributed by atoms with van der Waals surface area (Å²) >= 11 is 1.81. The van der Waals surface area contributed by atoms with Crippen molar-refractivity contribution in [1.29, 1.82) is 0 Å². The fourth-order valence-electron chi connectivity index (χ4n) is 3.41. The van der Waals surface area contributed by atoms with E-state index in [1.165, 1.54) is 49.3 Å². The molecule has 0 spiro atoms. The lowest BCUT2D eigenvalue weighted by molar-refractivity contribution is 0.0302. The van der Waals surface area contributed by atoms with Crippen LogP contribution < -0.4 is 0 Å². The first kappa shape index (κ1) is 15.4. The first-order valence-corrected chi connectivity index (χ1v) is 9.14. The van der Waals surface area contributed by atoms with Gasteiger partial charge < -0.3 is 4.74 Å². The van der Waals surface area contributed by atoms with E-state index in [4.69, 9.17) is 4.74 Å². The molecule has 0 aromatic carbocycles. The SMILES string of the molecule is Cc1ncsc1CN1CCCC[C@H]1CCN1CCOCC1. The molecular weight excluding hydrogens is 282 g/mol. The normalized spacial score (nSPS) is 25.3. The molecule has 0 bridgehead atoms. The summed E-state index contributed by atoms with van der Waals surface area (Å²) in [4.78, 5) is 11.1. The quantitative estimate of drug-likeness (QED) is 0.836. The zero-order valence-electron chi connectivity index (χ0n) is 13.1. The molecule has 21 heavy (non-hydrogen) atoms.